The van der Waals surface area contributed by atoms with E-state index in [0.29, 0.717) is 12.0 Å². The minimum Gasteiger partial charge on any atom is -0.383 e. The fourth-order valence-electron chi connectivity index (χ4n) is 5.98. The molecule has 6 rings (SSSR count). The molecule has 2 aromatic carbocycles. The maximum atomic E-state index is 13.0. The van der Waals surface area contributed by atoms with Gasteiger partial charge in [-0.3, -0.25) is 9.69 Å². The highest BCUT2D eigenvalue weighted by Gasteiger charge is 2.34. The topological polar surface area (TPSA) is 47.6 Å². The van der Waals surface area contributed by atoms with Crippen LogP contribution in [0.5, 0.6) is 0 Å². The van der Waals surface area contributed by atoms with Crippen molar-refractivity contribution in [2.75, 3.05) is 43.8 Å². The van der Waals surface area contributed by atoms with Crippen LogP contribution in [0.2, 0.25) is 0 Å². The second-order valence-corrected chi connectivity index (χ2v) is 11.1. The van der Waals surface area contributed by atoms with E-state index in [1.165, 1.54) is 40.1 Å². The van der Waals surface area contributed by atoms with Gasteiger partial charge < -0.3 is 15.5 Å². The summed E-state index contributed by atoms with van der Waals surface area (Å²) in [5, 5.41) is 7.00. The van der Waals surface area contributed by atoms with Crippen LogP contribution in [0.15, 0.2) is 41.3 Å². The molecule has 4 aliphatic heterocycles. The molecule has 0 aromatic heterocycles. The molecule has 174 valence electrons. The van der Waals surface area contributed by atoms with Crippen molar-refractivity contribution in [1.82, 2.24) is 15.1 Å². The smallest absolute Gasteiger partial charge is 0.254 e. The number of thioether (sulfide) groups is 1. The normalized spacial score (nSPS) is 23.8. The number of benzene rings is 2. The lowest BCUT2D eigenvalue weighted by atomic mass is 9.87. The first-order valence-corrected chi connectivity index (χ1v) is 13.6. The average molecular weight is 463 g/mol. The highest BCUT2D eigenvalue weighted by atomic mass is 32.2. The van der Waals surface area contributed by atoms with Crippen LogP contribution in [0.4, 0.5) is 5.69 Å². The van der Waals surface area contributed by atoms with E-state index >= 15 is 0 Å². The lowest BCUT2D eigenvalue weighted by molar-refractivity contribution is 0.0674. The number of anilines is 1. The van der Waals surface area contributed by atoms with Crippen LogP contribution in [0.25, 0.3) is 0 Å². The summed E-state index contributed by atoms with van der Waals surface area (Å²) in [7, 11) is 0. The average Bonchev–Trinajstić information content (AvgIpc) is 3.21. The lowest BCUT2D eigenvalue weighted by Crippen LogP contribution is -2.46. The van der Waals surface area contributed by atoms with Crippen LogP contribution in [-0.4, -0.2) is 60.2 Å². The van der Waals surface area contributed by atoms with Crippen molar-refractivity contribution in [3.63, 3.8) is 0 Å². The first-order chi connectivity index (χ1) is 16.2. The molecule has 0 saturated carbocycles. The van der Waals surface area contributed by atoms with Crippen molar-refractivity contribution < 1.29 is 4.79 Å². The van der Waals surface area contributed by atoms with Crippen molar-refractivity contribution in [3.05, 3.63) is 58.7 Å². The van der Waals surface area contributed by atoms with Gasteiger partial charge in [-0.25, -0.2) is 0 Å². The van der Waals surface area contributed by atoms with E-state index < -0.39 is 0 Å². The summed E-state index contributed by atoms with van der Waals surface area (Å²) < 4.78 is 0. The molecule has 0 radical (unpaired) electrons. The maximum absolute atomic E-state index is 13.0. The quantitative estimate of drug-likeness (QED) is 0.710. The standard InChI is InChI=1S/C27H34N4OS/c32-27-24-5-4-21(15-22(24)18-31(27)23-2-1-9-28-16-23)20-7-11-30(12-8-20)17-19-3-6-26-25(14-19)29-10-13-33-26/h3-6,14-15,20,23,28-29H,1-2,7-13,16-18H2. The van der Waals surface area contributed by atoms with Crippen molar-refractivity contribution in [1.29, 1.82) is 0 Å². The van der Waals surface area contributed by atoms with E-state index in [0.717, 1.165) is 70.0 Å². The highest BCUT2D eigenvalue weighted by molar-refractivity contribution is 7.99. The van der Waals surface area contributed by atoms with Crippen LogP contribution in [-0.2, 0) is 13.1 Å². The van der Waals surface area contributed by atoms with Crippen molar-refractivity contribution in [2.24, 2.45) is 0 Å². The fourth-order valence-corrected chi connectivity index (χ4v) is 6.86. The fraction of sp³-hybridized carbons (Fsp3) is 0.519. The summed E-state index contributed by atoms with van der Waals surface area (Å²) in [6.45, 7) is 7.18. The van der Waals surface area contributed by atoms with Gasteiger partial charge in [-0.15, -0.1) is 11.8 Å². The molecule has 4 aliphatic rings. The Hall–Kier alpha value is -2.02. The molecular formula is C27H34N4OS. The Morgan fingerprint density at radius 3 is 2.79 bits per heavy atom. The number of nitrogens with zero attached hydrogens (tertiary/aromatic N) is 2. The molecule has 0 bridgehead atoms. The molecule has 33 heavy (non-hydrogen) atoms. The number of fused-ring (bicyclic) bond motifs is 2. The van der Waals surface area contributed by atoms with Gasteiger partial charge in [0.2, 0.25) is 0 Å². The minimum absolute atomic E-state index is 0.234. The summed E-state index contributed by atoms with van der Waals surface area (Å²) in [6, 6.07) is 14.0. The zero-order valence-electron chi connectivity index (χ0n) is 19.3. The molecular weight excluding hydrogens is 428 g/mol. The summed E-state index contributed by atoms with van der Waals surface area (Å²) in [5.74, 6) is 2.00. The number of hydrogen-bond acceptors (Lipinski definition) is 5. The van der Waals surface area contributed by atoms with Gasteiger partial charge >= 0.3 is 0 Å². The van der Waals surface area contributed by atoms with Gasteiger partial charge in [0, 0.05) is 54.1 Å². The number of hydrogen-bond donors (Lipinski definition) is 2. The third-order valence-electron chi connectivity index (χ3n) is 7.86. The number of carbonyl (C=O) groups is 1. The molecule has 1 amide bonds. The molecule has 2 aromatic rings. The Balaban J connectivity index is 1.07. The molecule has 0 aliphatic carbocycles. The van der Waals surface area contributed by atoms with E-state index in [4.69, 9.17) is 0 Å². The lowest BCUT2D eigenvalue weighted by Gasteiger charge is -2.32. The van der Waals surface area contributed by atoms with E-state index in [1.807, 2.05) is 11.8 Å². The van der Waals surface area contributed by atoms with Gasteiger partial charge in [-0.1, -0.05) is 18.2 Å². The van der Waals surface area contributed by atoms with Gasteiger partial charge in [0.05, 0.1) is 0 Å². The zero-order chi connectivity index (χ0) is 22.2. The molecule has 1 atom stereocenters. The molecule has 6 heteroatoms. The van der Waals surface area contributed by atoms with Crippen LogP contribution in [0, 0.1) is 0 Å². The highest BCUT2D eigenvalue weighted by Crippen LogP contribution is 2.35. The summed E-state index contributed by atoms with van der Waals surface area (Å²) in [5.41, 5.74) is 6.32. The first-order valence-electron chi connectivity index (χ1n) is 12.6. The van der Waals surface area contributed by atoms with Gasteiger partial charge in [-0.05, 0) is 86.1 Å². The SMILES string of the molecule is O=C1c2ccc(C3CCN(Cc4ccc5c(c4)NCCS5)CC3)cc2CN1C1CCCNC1. The molecule has 2 N–H and O–H groups in total. The summed E-state index contributed by atoms with van der Waals surface area (Å²) in [4.78, 5) is 19.1. The number of piperidine rings is 2. The zero-order valence-corrected chi connectivity index (χ0v) is 20.1. The monoisotopic (exact) mass is 462 g/mol. The Kier molecular flexibility index (Phi) is 6.07. The van der Waals surface area contributed by atoms with E-state index in [9.17, 15) is 4.79 Å². The van der Waals surface area contributed by atoms with E-state index in [-0.39, 0.29) is 5.91 Å². The Labute approximate surface area is 201 Å². The Bertz CT molecular complexity index is 1030. The minimum atomic E-state index is 0.234. The third kappa shape index (κ3) is 4.41. The molecule has 2 fully saturated rings. The van der Waals surface area contributed by atoms with Gasteiger partial charge in [-0.2, -0.15) is 0 Å². The van der Waals surface area contributed by atoms with Crippen molar-refractivity contribution in [3.8, 4) is 0 Å². The number of rotatable bonds is 4. The third-order valence-corrected chi connectivity index (χ3v) is 8.93. The number of amides is 1. The van der Waals surface area contributed by atoms with Crippen LogP contribution in [0.1, 0.15) is 58.6 Å². The molecule has 0 spiro atoms. The van der Waals surface area contributed by atoms with Gasteiger partial charge in [0.25, 0.3) is 5.91 Å². The maximum Gasteiger partial charge on any atom is 0.254 e. The number of likely N-dealkylation sites (tertiary alicyclic amines) is 1. The van der Waals surface area contributed by atoms with Crippen molar-refractivity contribution >= 4 is 23.4 Å². The first kappa shape index (κ1) is 21.5. The van der Waals surface area contributed by atoms with E-state index in [1.54, 1.807) is 0 Å². The second kappa shape index (κ2) is 9.32. The molecule has 5 nitrogen and oxygen atoms in total. The number of carbonyl (C=O) groups excluding carboxylic acids is 1. The van der Waals surface area contributed by atoms with Gasteiger partial charge in [0.15, 0.2) is 0 Å². The number of nitrogens with one attached hydrogen (secondary N) is 2. The molecule has 1 unspecified atom stereocenters. The Morgan fingerprint density at radius 1 is 1.03 bits per heavy atom. The largest absolute Gasteiger partial charge is 0.383 e. The molecule has 4 heterocycles. The van der Waals surface area contributed by atoms with Crippen molar-refractivity contribution in [2.45, 2.75) is 55.6 Å². The Morgan fingerprint density at radius 2 is 1.94 bits per heavy atom. The second-order valence-electron chi connectivity index (χ2n) is 10.0. The predicted molar refractivity (Wildman–Crippen MR) is 135 cm³/mol. The van der Waals surface area contributed by atoms with Crippen LogP contribution >= 0.6 is 11.8 Å². The summed E-state index contributed by atoms with van der Waals surface area (Å²) in [6.07, 6.45) is 4.68. The van der Waals surface area contributed by atoms with Crippen LogP contribution in [0.3, 0.4) is 0 Å². The van der Waals surface area contributed by atoms with Gasteiger partial charge in [0.1, 0.15) is 0 Å². The molecule has 2 saturated heterocycles. The summed E-state index contributed by atoms with van der Waals surface area (Å²) >= 11 is 1.95. The predicted octanol–water partition coefficient (Wildman–Crippen LogP) is 4.29. The van der Waals surface area contributed by atoms with E-state index in [2.05, 4.69) is 56.8 Å². The van der Waals surface area contributed by atoms with Crippen LogP contribution < -0.4 is 10.6 Å².